The molecule has 0 aliphatic carbocycles. The van der Waals surface area contributed by atoms with E-state index < -0.39 is 0 Å². The molecular formula is C17H19NO2S. The van der Waals surface area contributed by atoms with Crippen LogP contribution in [0.1, 0.15) is 28.9 Å². The molecule has 0 radical (unpaired) electrons. The number of carbonyl (C=O) groups excluding carboxylic acids is 1. The van der Waals surface area contributed by atoms with E-state index in [4.69, 9.17) is 4.74 Å². The number of nitrogens with zero attached hydrogens (tertiary/aromatic N) is 1. The van der Waals surface area contributed by atoms with Gasteiger partial charge >= 0.3 is 0 Å². The van der Waals surface area contributed by atoms with Crippen molar-refractivity contribution in [2.24, 2.45) is 0 Å². The molecule has 0 spiro atoms. The number of Topliss-reactive ketones (excluding diaryl/α,β-unsaturated/α-hetero) is 1. The van der Waals surface area contributed by atoms with Crippen molar-refractivity contribution in [3.05, 3.63) is 46.7 Å². The van der Waals surface area contributed by atoms with Crippen molar-refractivity contribution < 1.29 is 9.53 Å². The van der Waals surface area contributed by atoms with Gasteiger partial charge in [-0.15, -0.1) is 11.3 Å². The predicted octanol–water partition coefficient (Wildman–Crippen LogP) is 4.00. The third kappa shape index (κ3) is 3.45. The van der Waals surface area contributed by atoms with Gasteiger partial charge in [-0.1, -0.05) is 18.2 Å². The molecule has 3 rings (SSSR count). The van der Waals surface area contributed by atoms with Crippen LogP contribution in [0.15, 0.2) is 41.8 Å². The molecule has 1 aromatic heterocycles. The van der Waals surface area contributed by atoms with Crippen LogP contribution in [0.3, 0.4) is 0 Å². The van der Waals surface area contributed by atoms with Crippen molar-refractivity contribution in [2.45, 2.75) is 19.3 Å². The van der Waals surface area contributed by atoms with Gasteiger partial charge < -0.3 is 9.64 Å². The summed E-state index contributed by atoms with van der Waals surface area (Å²) >= 11 is 1.53. The molecule has 1 aliphatic rings. The molecule has 0 fully saturated rings. The number of thiophene rings is 1. The first-order valence-electron chi connectivity index (χ1n) is 7.38. The number of hydrogen-bond donors (Lipinski definition) is 0. The molecule has 2 heterocycles. The second kappa shape index (κ2) is 6.76. The van der Waals surface area contributed by atoms with Gasteiger partial charge in [-0.25, -0.2) is 0 Å². The number of para-hydroxylation sites is 2. The molecule has 4 heteroatoms. The van der Waals surface area contributed by atoms with Crippen LogP contribution in [0.4, 0.5) is 5.69 Å². The lowest BCUT2D eigenvalue weighted by molar-refractivity contribution is 0.0984. The molecule has 110 valence electrons. The van der Waals surface area contributed by atoms with Crippen molar-refractivity contribution in [3.8, 4) is 5.75 Å². The lowest BCUT2D eigenvalue weighted by atomic mass is 10.1. The lowest BCUT2D eigenvalue weighted by Crippen LogP contribution is -2.25. The van der Waals surface area contributed by atoms with Crippen molar-refractivity contribution in [2.75, 3.05) is 24.6 Å². The van der Waals surface area contributed by atoms with Crippen molar-refractivity contribution in [3.63, 3.8) is 0 Å². The van der Waals surface area contributed by atoms with Crippen molar-refractivity contribution >= 4 is 22.8 Å². The monoisotopic (exact) mass is 301 g/mol. The summed E-state index contributed by atoms with van der Waals surface area (Å²) in [5, 5.41) is 1.95. The fraction of sp³-hybridized carbons (Fsp3) is 0.353. The van der Waals surface area contributed by atoms with Crippen LogP contribution in [-0.2, 0) is 0 Å². The molecule has 3 nitrogen and oxygen atoms in total. The summed E-state index contributed by atoms with van der Waals surface area (Å²) in [6.07, 6.45) is 2.51. The van der Waals surface area contributed by atoms with E-state index in [1.807, 2.05) is 35.7 Å². The lowest BCUT2D eigenvalue weighted by Gasteiger charge is -2.23. The van der Waals surface area contributed by atoms with Crippen molar-refractivity contribution in [1.29, 1.82) is 0 Å². The normalized spacial score (nSPS) is 14.2. The molecule has 0 amide bonds. The number of fused-ring (bicyclic) bond motifs is 1. The van der Waals surface area contributed by atoms with Crippen LogP contribution in [0.5, 0.6) is 5.75 Å². The maximum atomic E-state index is 12.0. The number of carbonyl (C=O) groups is 1. The van der Waals surface area contributed by atoms with Crippen molar-refractivity contribution in [1.82, 2.24) is 0 Å². The largest absolute Gasteiger partial charge is 0.491 e. The van der Waals surface area contributed by atoms with Gasteiger partial charge in [0.25, 0.3) is 0 Å². The first-order chi connectivity index (χ1) is 10.3. The maximum absolute atomic E-state index is 12.0. The van der Waals surface area contributed by atoms with E-state index in [0.29, 0.717) is 6.42 Å². The predicted molar refractivity (Wildman–Crippen MR) is 86.7 cm³/mol. The SMILES string of the molecule is O=C(CCCN1CCCOc2ccccc21)c1cccs1. The van der Waals surface area contributed by atoms with E-state index in [-0.39, 0.29) is 5.78 Å². The van der Waals surface area contributed by atoms with Crippen LogP contribution in [0.2, 0.25) is 0 Å². The van der Waals surface area contributed by atoms with E-state index in [2.05, 4.69) is 11.0 Å². The Morgan fingerprint density at radius 1 is 1.24 bits per heavy atom. The van der Waals surface area contributed by atoms with E-state index in [1.54, 1.807) is 0 Å². The summed E-state index contributed by atoms with van der Waals surface area (Å²) in [4.78, 5) is 15.2. The summed E-state index contributed by atoms with van der Waals surface area (Å²) in [6, 6.07) is 12.0. The molecule has 0 saturated heterocycles. The number of ketones is 1. The average Bonchev–Trinajstić information content (AvgIpc) is 2.97. The Morgan fingerprint density at radius 3 is 3.00 bits per heavy atom. The fourth-order valence-corrected chi connectivity index (χ4v) is 3.32. The first kappa shape index (κ1) is 14.1. The second-order valence-corrected chi connectivity index (χ2v) is 6.11. The van der Waals surface area contributed by atoms with E-state index in [0.717, 1.165) is 48.9 Å². The second-order valence-electron chi connectivity index (χ2n) is 5.16. The van der Waals surface area contributed by atoms with Gasteiger partial charge in [0, 0.05) is 19.5 Å². The van der Waals surface area contributed by atoms with Gasteiger partial charge in [-0.2, -0.15) is 0 Å². The Labute approximate surface area is 129 Å². The molecule has 0 bridgehead atoms. The van der Waals surface area contributed by atoms with Crippen LogP contribution >= 0.6 is 11.3 Å². The molecule has 1 aliphatic heterocycles. The molecule has 0 saturated carbocycles. The number of ether oxygens (including phenoxy) is 1. The minimum absolute atomic E-state index is 0.254. The maximum Gasteiger partial charge on any atom is 0.172 e. The topological polar surface area (TPSA) is 29.5 Å². The van der Waals surface area contributed by atoms with Crippen LogP contribution < -0.4 is 9.64 Å². The Morgan fingerprint density at radius 2 is 2.14 bits per heavy atom. The molecule has 2 aromatic rings. The number of anilines is 1. The Bertz CT molecular complexity index is 595. The van der Waals surface area contributed by atoms with Gasteiger partial charge in [0.1, 0.15) is 5.75 Å². The van der Waals surface area contributed by atoms with E-state index >= 15 is 0 Å². The number of benzene rings is 1. The minimum Gasteiger partial charge on any atom is -0.491 e. The summed E-state index contributed by atoms with van der Waals surface area (Å²) < 4.78 is 5.76. The highest BCUT2D eigenvalue weighted by Gasteiger charge is 2.16. The highest BCUT2D eigenvalue weighted by Crippen LogP contribution is 2.30. The third-order valence-corrected chi connectivity index (χ3v) is 4.57. The quantitative estimate of drug-likeness (QED) is 0.782. The van der Waals surface area contributed by atoms with Crippen LogP contribution in [0, 0.1) is 0 Å². The standard InChI is InChI=1S/C17H19NO2S/c19-15(17-9-4-13-21-17)7-3-10-18-11-5-12-20-16-8-2-1-6-14(16)18/h1-2,4,6,8-9,13H,3,5,7,10-12H2. The Hall–Kier alpha value is -1.81. The summed E-state index contributed by atoms with van der Waals surface area (Å²) in [7, 11) is 0. The number of hydrogen-bond acceptors (Lipinski definition) is 4. The van der Waals surface area contributed by atoms with Gasteiger partial charge in [0.2, 0.25) is 0 Å². The highest BCUT2D eigenvalue weighted by atomic mass is 32.1. The first-order valence-corrected chi connectivity index (χ1v) is 8.26. The fourth-order valence-electron chi connectivity index (χ4n) is 2.62. The zero-order valence-electron chi connectivity index (χ0n) is 12.0. The van der Waals surface area contributed by atoms with Gasteiger partial charge in [-0.05, 0) is 36.4 Å². The third-order valence-electron chi connectivity index (χ3n) is 3.66. The zero-order chi connectivity index (χ0) is 14.5. The Balaban J connectivity index is 1.59. The Kier molecular flexibility index (Phi) is 4.55. The van der Waals surface area contributed by atoms with E-state index in [9.17, 15) is 4.79 Å². The summed E-state index contributed by atoms with van der Waals surface area (Å²) in [6.45, 7) is 2.66. The minimum atomic E-state index is 0.254. The zero-order valence-corrected chi connectivity index (χ0v) is 12.8. The van der Waals surface area contributed by atoms with Gasteiger partial charge in [0.05, 0.1) is 17.2 Å². The molecular weight excluding hydrogens is 282 g/mol. The average molecular weight is 301 g/mol. The summed E-state index contributed by atoms with van der Waals surface area (Å²) in [5.74, 6) is 1.21. The molecule has 0 atom stereocenters. The van der Waals surface area contributed by atoms with Crippen LogP contribution in [-0.4, -0.2) is 25.5 Å². The van der Waals surface area contributed by atoms with Gasteiger partial charge in [0.15, 0.2) is 5.78 Å². The molecule has 0 N–H and O–H groups in total. The smallest absolute Gasteiger partial charge is 0.172 e. The highest BCUT2D eigenvalue weighted by molar-refractivity contribution is 7.12. The van der Waals surface area contributed by atoms with Crippen LogP contribution in [0.25, 0.3) is 0 Å². The van der Waals surface area contributed by atoms with Gasteiger partial charge in [-0.3, -0.25) is 4.79 Å². The molecule has 0 unspecified atom stereocenters. The van der Waals surface area contributed by atoms with E-state index in [1.165, 1.54) is 11.3 Å². The molecule has 1 aromatic carbocycles. The molecule has 21 heavy (non-hydrogen) atoms. The number of rotatable bonds is 5. The summed E-state index contributed by atoms with van der Waals surface area (Å²) in [5.41, 5.74) is 1.15.